The number of carbonyl (C=O) groups excluding carboxylic acids is 2. The smallest absolute Gasteiger partial charge is 0.322 e. The van der Waals surface area contributed by atoms with Crippen molar-refractivity contribution in [2.75, 3.05) is 16.8 Å². The van der Waals surface area contributed by atoms with Crippen LogP contribution in [0.2, 0.25) is 0 Å². The third-order valence-corrected chi connectivity index (χ3v) is 5.29. The number of amides is 2. The van der Waals surface area contributed by atoms with E-state index in [1.54, 1.807) is 29.2 Å². The van der Waals surface area contributed by atoms with Crippen LogP contribution in [0, 0.1) is 5.82 Å². The summed E-state index contributed by atoms with van der Waals surface area (Å²) in [6, 6.07) is 13.1. The first-order valence-corrected chi connectivity index (χ1v) is 10.0. The van der Waals surface area contributed by atoms with Crippen LogP contribution in [0.1, 0.15) is 54.9 Å². The Labute approximate surface area is 179 Å². The highest BCUT2D eigenvalue weighted by Crippen LogP contribution is 2.32. The predicted octanol–water partition coefficient (Wildman–Crippen LogP) is 4.28. The summed E-state index contributed by atoms with van der Waals surface area (Å²) in [7, 11) is 0. The van der Waals surface area contributed by atoms with E-state index >= 15 is 0 Å². The molecule has 3 aromatic rings. The summed E-state index contributed by atoms with van der Waals surface area (Å²) in [5.74, 6) is -0.860. The Morgan fingerprint density at radius 1 is 1.10 bits per heavy atom. The Hall–Kier alpha value is -3.55. The SMILES string of the molecule is CC(C)(C)c1ccc(C(=O)Nc2nnc(C3CC(=O)N(c4ccc(F)cc4)C3)o2)cc1. The number of rotatable bonds is 4. The number of anilines is 2. The molecule has 2 amide bonds. The molecule has 31 heavy (non-hydrogen) atoms. The van der Waals surface area contributed by atoms with Gasteiger partial charge in [0.25, 0.3) is 5.91 Å². The number of nitrogens with one attached hydrogen (secondary N) is 1. The Morgan fingerprint density at radius 2 is 1.77 bits per heavy atom. The molecule has 7 nitrogen and oxygen atoms in total. The highest BCUT2D eigenvalue weighted by atomic mass is 19.1. The lowest BCUT2D eigenvalue weighted by atomic mass is 9.87. The van der Waals surface area contributed by atoms with Gasteiger partial charge in [-0.25, -0.2) is 4.39 Å². The van der Waals surface area contributed by atoms with Gasteiger partial charge >= 0.3 is 6.01 Å². The maximum absolute atomic E-state index is 13.1. The largest absolute Gasteiger partial charge is 0.407 e. The number of hydrogen-bond acceptors (Lipinski definition) is 5. The summed E-state index contributed by atoms with van der Waals surface area (Å²) >= 11 is 0. The van der Waals surface area contributed by atoms with Crippen LogP contribution >= 0.6 is 0 Å². The van der Waals surface area contributed by atoms with Crippen LogP contribution in [0.25, 0.3) is 0 Å². The zero-order valence-electron chi connectivity index (χ0n) is 17.6. The van der Waals surface area contributed by atoms with Gasteiger partial charge in [-0.2, -0.15) is 0 Å². The van der Waals surface area contributed by atoms with E-state index in [9.17, 15) is 14.0 Å². The monoisotopic (exact) mass is 422 g/mol. The Bertz CT molecular complexity index is 1100. The molecule has 1 unspecified atom stereocenters. The van der Waals surface area contributed by atoms with Gasteiger partial charge in [0, 0.05) is 24.2 Å². The van der Waals surface area contributed by atoms with Crippen LogP contribution < -0.4 is 10.2 Å². The molecule has 1 atom stereocenters. The minimum atomic E-state index is -0.364. The summed E-state index contributed by atoms with van der Waals surface area (Å²) in [4.78, 5) is 26.4. The minimum Gasteiger partial charge on any atom is -0.407 e. The third kappa shape index (κ3) is 4.47. The van der Waals surface area contributed by atoms with Gasteiger partial charge in [-0.15, -0.1) is 5.10 Å². The van der Waals surface area contributed by atoms with Crippen molar-refractivity contribution >= 4 is 23.5 Å². The highest BCUT2D eigenvalue weighted by molar-refractivity contribution is 6.03. The predicted molar refractivity (Wildman–Crippen MR) is 114 cm³/mol. The Morgan fingerprint density at radius 3 is 2.42 bits per heavy atom. The van der Waals surface area contributed by atoms with Gasteiger partial charge in [-0.05, 0) is 47.4 Å². The van der Waals surface area contributed by atoms with Crippen LogP contribution in [0.3, 0.4) is 0 Å². The van der Waals surface area contributed by atoms with Gasteiger partial charge in [0.05, 0.1) is 5.92 Å². The summed E-state index contributed by atoms with van der Waals surface area (Å²) in [6.45, 7) is 6.65. The van der Waals surface area contributed by atoms with Gasteiger partial charge in [0.1, 0.15) is 5.82 Å². The van der Waals surface area contributed by atoms with E-state index < -0.39 is 0 Å². The number of benzene rings is 2. The number of nitrogens with zero attached hydrogens (tertiary/aromatic N) is 3. The summed E-state index contributed by atoms with van der Waals surface area (Å²) < 4.78 is 18.7. The van der Waals surface area contributed by atoms with Crippen molar-refractivity contribution in [1.29, 1.82) is 0 Å². The van der Waals surface area contributed by atoms with Crippen molar-refractivity contribution in [3.05, 3.63) is 71.4 Å². The number of halogens is 1. The summed E-state index contributed by atoms with van der Waals surface area (Å²) in [5, 5.41) is 10.5. The van der Waals surface area contributed by atoms with Crippen molar-refractivity contribution in [3.63, 3.8) is 0 Å². The van der Waals surface area contributed by atoms with Crippen molar-refractivity contribution in [3.8, 4) is 0 Å². The highest BCUT2D eigenvalue weighted by Gasteiger charge is 2.35. The molecule has 2 heterocycles. The Kier molecular flexibility index (Phi) is 5.31. The number of aromatic nitrogens is 2. The van der Waals surface area contributed by atoms with E-state index in [0.717, 1.165) is 5.56 Å². The molecule has 1 aliphatic heterocycles. The van der Waals surface area contributed by atoms with E-state index in [1.807, 2.05) is 12.1 Å². The van der Waals surface area contributed by atoms with Crippen molar-refractivity contribution in [2.24, 2.45) is 0 Å². The quantitative estimate of drug-likeness (QED) is 0.678. The molecule has 4 rings (SSSR count). The van der Waals surface area contributed by atoms with Gasteiger partial charge in [-0.1, -0.05) is 38.0 Å². The first-order chi connectivity index (χ1) is 14.7. The van der Waals surface area contributed by atoms with Crippen LogP contribution in [-0.4, -0.2) is 28.6 Å². The van der Waals surface area contributed by atoms with Crippen LogP contribution in [0.4, 0.5) is 16.1 Å². The van der Waals surface area contributed by atoms with Crippen molar-refractivity contribution < 1.29 is 18.4 Å². The Balaban J connectivity index is 1.42. The molecule has 0 spiro atoms. The second-order valence-electron chi connectivity index (χ2n) is 8.61. The van der Waals surface area contributed by atoms with Crippen molar-refractivity contribution in [1.82, 2.24) is 10.2 Å². The molecule has 1 fully saturated rings. The fourth-order valence-corrected chi connectivity index (χ4v) is 3.48. The van der Waals surface area contributed by atoms with Gasteiger partial charge in [0.15, 0.2) is 0 Å². The molecule has 8 heteroatoms. The lowest BCUT2D eigenvalue weighted by Gasteiger charge is -2.18. The van der Waals surface area contributed by atoms with Crippen molar-refractivity contribution in [2.45, 2.75) is 38.5 Å². The van der Waals surface area contributed by atoms with E-state index in [0.29, 0.717) is 17.8 Å². The van der Waals surface area contributed by atoms with Gasteiger partial charge in [0.2, 0.25) is 11.8 Å². The zero-order chi connectivity index (χ0) is 22.2. The second-order valence-corrected chi connectivity index (χ2v) is 8.61. The fraction of sp³-hybridized carbons (Fsp3) is 0.304. The average molecular weight is 422 g/mol. The number of hydrogen-bond donors (Lipinski definition) is 1. The maximum Gasteiger partial charge on any atom is 0.322 e. The molecule has 2 aromatic carbocycles. The molecular formula is C23H23FN4O3. The molecule has 0 aliphatic carbocycles. The van der Waals surface area contributed by atoms with E-state index in [1.165, 1.54) is 12.1 Å². The normalized spacial score (nSPS) is 16.6. The topological polar surface area (TPSA) is 88.3 Å². The van der Waals surface area contributed by atoms with E-state index in [4.69, 9.17) is 4.42 Å². The molecule has 1 N–H and O–H groups in total. The maximum atomic E-state index is 13.1. The molecule has 1 aliphatic rings. The standard InChI is InChI=1S/C23H23FN4O3/c1-23(2,3)16-6-4-14(5-7-16)20(30)25-22-27-26-21(31-22)15-12-19(29)28(13-15)18-10-8-17(24)9-11-18/h4-11,15H,12-13H2,1-3H3,(H,25,27,30). The average Bonchev–Trinajstić information content (AvgIpc) is 3.34. The minimum absolute atomic E-state index is 0.00307. The van der Waals surface area contributed by atoms with E-state index in [2.05, 4.69) is 36.3 Å². The molecule has 160 valence electrons. The fourth-order valence-electron chi connectivity index (χ4n) is 3.48. The first kappa shape index (κ1) is 20.7. The van der Waals surface area contributed by atoms with Gasteiger partial charge < -0.3 is 9.32 Å². The summed E-state index contributed by atoms with van der Waals surface area (Å²) in [5.41, 5.74) is 2.21. The molecule has 1 aromatic heterocycles. The molecule has 1 saturated heterocycles. The van der Waals surface area contributed by atoms with Crippen LogP contribution in [-0.2, 0) is 10.2 Å². The first-order valence-electron chi connectivity index (χ1n) is 10.0. The lowest BCUT2D eigenvalue weighted by molar-refractivity contribution is -0.117. The molecule has 0 bridgehead atoms. The number of carbonyl (C=O) groups is 2. The van der Waals surface area contributed by atoms with Crippen LogP contribution in [0.5, 0.6) is 0 Å². The molecule has 0 radical (unpaired) electrons. The second kappa shape index (κ2) is 7.94. The van der Waals surface area contributed by atoms with E-state index in [-0.39, 0.29) is 47.3 Å². The third-order valence-electron chi connectivity index (χ3n) is 5.29. The van der Waals surface area contributed by atoms with Gasteiger partial charge in [-0.3, -0.25) is 14.9 Å². The zero-order valence-corrected chi connectivity index (χ0v) is 17.6. The van der Waals surface area contributed by atoms with Crippen LogP contribution in [0.15, 0.2) is 52.9 Å². The molecular weight excluding hydrogens is 399 g/mol. The summed E-state index contributed by atoms with van der Waals surface area (Å²) in [6.07, 6.45) is 0.196. The molecule has 0 saturated carbocycles. The lowest BCUT2D eigenvalue weighted by Crippen LogP contribution is -2.24.